The fraction of sp³-hybridized carbons (Fsp3) is 0.929. The number of carbonyl (C=O) groups excluding carboxylic acids is 1. The highest BCUT2D eigenvalue weighted by Gasteiger charge is 2.40. The van der Waals surface area contributed by atoms with Crippen LogP contribution in [-0.2, 0) is 9.22 Å². The molecule has 3 heteroatoms. The van der Waals surface area contributed by atoms with E-state index in [1.165, 1.54) is 0 Å². The second-order valence-corrected chi connectivity index (χ2v) is 11.2. The Morgan fingerprint density at radius 2 is 1.71 bits per heavy atom. The Morgan fingerprint density at radius 3 is 2.00 bits per heavy atom. The first kappa shape index (κ1) is 16.8. The molecule has 0 N–H and O–H groups in total. The molecule has 0 aliphatic rings. The number of hydrogen-bond acceptors (Lipinski definition) is 2. The van der Waals surface area contributed by atoms with E-state index in [2.05, 4.69) is 40.8 Å². The van der Waals surface area contributed by atoms with Gasteiger partial charge in [-0.3, -0.25) is 4.79 Å². The van der Waals surface area contributed by atoms with E-state index in [9.17, 15) is 4.79 Å². The zero-order valence-corrected chi connectivity index (χ0v) is 13.9. The van der Waals surface area contributed by atoms with Crippen molar-refractivity contribution < 1.29 is 9.22 Å². The van der Waals surface area contributed by atoms with Crippen LogP contribution >= 0.6 is 0 Å². The molecule has 17 heavy (non-hydrogen) atoms. The van der Waals surface area contributed by atoms with Gasteiger partial charge in [-0.2, -0.15) is 0 Å². The van der Waals surface area contributed by atoms with E-state index in [4.69, 9.17) is 4.43 Å². The molecule has 0 rings (SSSR count). The molecule has 0 aromatic heterocycles. The van der Waals surface area contributed by atoms with Gasteiger partial charge in [0.05, 0.1) is 6.10 Å². The summed E-state index contributed by atoms with van der Waals surface area (Å²) in [5.41, 5.74) is 0. The summed E-state index contributed by atoms with van der Waals surface area (Å²) in [6.45, 7) is 17.2. The zero-order chi connectivity index (χ0) is 13.9. The first-order chi connectivity index (χ1) is 7.56. The summed E-state index contributed by atoms with van der Waals surface area (Å²) in [6.07, 6.45) is 1.61. The van der Waals surface area contributed by atoms with Crippen LogP contribution in [-0.4, -0.2) is 20.2 Å². The van der Waals surface area contributed by atoms with Crippen LogP contribution in [0.4, 0.5) is 0 Å². The van der Waals surface area contributed by atoms with Crippen LogP contribution < -0.4 is 0 Å². The van der Waals surface area contributed by atoms with Crippen molar-refractivity contribution in [1.29, 1.82) is 0 Å². The molecule has 0 radical (unpaired) electrons. The Balaban J connectivity index is 4.77. The van der Waals surface area contributed by atoms with Crippen molar-refractivity contribution >= 4 is 14.1 Å². The molecule has 0 saturated heterocycles. The average molecular weight is 258 g/mol. The third kappa shape index (κ3) is 4.55. The van der Waals surface area contributed by atoms with Gasteiger partial charge in [-0.05, 0) is 24.6 Å². The van der Waals surface area contributed by atoms with E-state index in [0.717, 1.165) is 6.42 Å². The number of rotatable bonds is 6. The predicted molar refractivity (Wildman–Crippen MR) is 76.8 cm³/mol. The maximum atomic E-state index is 11.8. The van der Waals surface area contributed by atoms with Crippen molar-refractivity contribution in [3.8, 4) is 0 Å². The highest BCUT2D eigenvalue weighted by atomic mass is 28.4. The van der Waals surface area contributed by atoms with Crippen LogP contribution in [0.15, 0.2) is 0 Å². The summed E-state index contributed by atoms with van der Waals surface area (Å²) >= 11 is 0. The van der Waals surface area contributed by atoms with Crippen molar-refractivity contribution in [3.63, 3.8) is 0 Å². The fourth-order valence-electron chi connectivity index (χ4n) is 1.62. The van der Waals surface area contributed by atoms with Gasteiger partial charge in [0, 0.05) is 12.3 Å². The van der Waals surface area contributed by atoms with Crippen molar-refractivity contribution in [3.05, 3.63) is 0 Å². The van der Waals surface area contributed by atoms with Gasteiger partial charge in [0.15, 0.2) is 8.32 Å². The fourth-order valence-corrected chi connectivity index (χ4v) is 3.10. The topological polar surface area (TPSA) is 26.3 Å². The van der Waals surface area contributed by atoms with Gasteiger partial charge in [0.1, 0.15) is 5.78 Å². The Labute approximate surface area is 108 Å². The number of Topliss-reactive ketones (excluding diaryl/α,β-unsaturated/α-hetero) is 1. The monoisotopic (exact) mass is 258 g/mol. The van der Waals surface area contributed by atoms with Crippen LogP contribution in [0.2, 0.25) is 18.1 Å². The maximum Gasteiger partial charge on any atom is 0.192 e. The van der Waals surface area contributed by atoms with Crippen molar-refractivity contribution in [2.75, 3.05) is 0 Å². The van der Waals surface area contributed by atoms with Crippen LogP contribution in [0, 0.1) is 5.92 Å². The maximum absolute atomic E-state index is 11.8. The lowest BCUT2D eigenvalue weighted by Gasteiger charge is -2.40. The zero-order valence-electron chi connectivity index (χ0n) is 12.9. The van der Waals surface area contributed by atoms with Crippen LogP contribution in [0.25, 0.3) is 0 Å². The standard InChI is InChI=1S/C14H30O2Si/c1-9-12(15)11(3)13(10-2)16-17(7,8)14(4,5)6/h11,13H,9-10H2,1-8H3/t11-,13+/m1/s1. The van der Waals surface area contributed by atoms with Gasteiger partial charge in [-0.25, -0.2) is 0 Å². The molecule has 0 aliphatic carbocycles. The number of ketones is 1. The third-order valence-electron chi connectivity index (χ3n) is 4.07. The predicted octanol–water partition coefficient (Wildman–Crippen LogP) is 4.40. The Hall–Kier alpha value is -0.153. The molecule has 0 amide bonds. The first-order valence-corrected chi connectivity index (χ1v) is 9.68. The minimum atomic E-state index is -1.76. The first-order valence-electron chi connectivity index (χ1n) is 6.77. The lowest BCUT2D eigenvalue weighted by Crippen LogP contribution is -2.46. The summed E-state index contributed by atoms with van der Waals surface area (Å²) in [4.78, 5) is 11.8. The average Bonchev–Trinajstić information content (AvgIpc) is 2.22. The van der Waals surface area contributed by atoms with Crippen LogP contribution in [0.3, 0.4) is 0 Å². The SMILES string of the molecule is CCC(=O)[C@@H](C)[C@H](CC)O[Si](C)(C)C(C)(C)C. The van der Waals surface area contributed by atoms with Gasteiger partial charge in [0.25, 0.3) is 0 Å². The van der Waals surface area contributed by atoms with Gasteiger partial charge < -0.3 is 4.43 Å². The van der Waals surface area contributed by atoms with E-state index in [1.807, 2.05) is 13.8 Å². The lowest BCUT2D eigenvalue weighted by molar-refractivity contribution is -0.125. The number of hydrogen-bond donors (Lipinski definition) is 0. The molecular weight excluding hydrogens is 228 g/mol. The normalized spacial score (nSPS) is 16.7. The molecule has 0 fully saturated rings. The molecule has 0 unspecified atom stereocenters. The van der Waals surface area contributed by atoms with Gasteiger partial charge in [-0.15, -0.1) is 0 Å². The van der Waals surface area contributed by atoms with Crippen molar-refractivity contribution in [2.24, 2.45) is 5.92 Å². The molecule has 0 bridgehead atoms. The molecule has 0 aliphatic heterocycles. The van der Waals surface area contributed by atoms with Gasteiger partial charge >= 0.3 is 0 Å². The molecule has 0 aromatic rings. The van der Waals surface area contributed by atoms with Gasteiger partial charge in [0.2, 0.25) is 0 Å². The third-order valence-corrected chi connectivity index (χ3v) is 8.57. The highest BCUT2D eigenvalue weighted by Crippen LogP contribution is 2.38. The summed E-state index contributed by atoms with van der Waals surface area (Å²) in [7, 11) is -1.76. The quantitative estimate of drug-likeness (QED) is 0.660. The van der Waals surface area contributed by atoms with Crippen molar-refractivity contribution in [2.45, 2.75) is 78.6 Å². The van der Waals surface area contributed by atoms with E-state index >= 15 is 0 Å². The van der Waals surface area contributed by atoms with E-state index in [0.29, 0.717) is 12.2 Å². The molecule has 2 atom stereocenters. The molecule has 0 heterocycles. The molecular formula is C14H30O2Si. The smallest absolute Gasteiger partial charge is 0.192 e. The molecule has 0 spiro atoms. The van der Waals surface area contributed by atoms with Crippen LogP contribution in [0.5, 0.6) is 0 Å². The summed E-state index contributed by atoms with van der Waals surface area (Å²) in [6, 6.07) is 0. The van der Waals surface area contributed by atoms with Gasteiger partial charge in [-0.1, -0.05) is 41.5 Å². The summed E-state index contributed by atoms with van der Waals surface area (Å²) < 4.78 is 6.35. The van der Waals surface area contributed by atoms with Crippen LogP contribution in [0.1, 0.15) is 54.4 Å². The summed E-state index contributed by atoms with van der Waals surface area (Å²) in [5.74, 6) is 0.342. The molecule has 0 saturated carbocycles. The summed E-state index contributed by atoms with van der Waals surface area (Å²) in [5, 5.41) is 0.204. The second-order valence-electron chi connectivity index (χ2n) is 6.43. The van der Waals surface area contributed by atoms with E-state index < -0.39 is 8.32 Å². The lowest BCUT2D eigenvalue weighted by atomic mass is 9.96. The minimum Gasteiger partial charge on any atom is -0.413 e. The highest BCUT2D eigenvalue weighted by molar-refractivity contribution is 6.74. The Kier molecular flexibility index (Phi) is 6.09. The molecule has 0 aromatic carbocycles. The Bertz CT molecular complexity index is 253. The molecule has 2 nitrogen and oxygen atoms in total. The van der Waals surface area contributed by atoms with E-state index in [1.54, 1.807) is 0 Å². The molecule has 102 valence electrons. The van der Waals surface area contributed by atoms with Crippen molar-refractivity contribution in [1.82, 2.24) is 0 Å². The number of carbonyl (C=O) groups is 1. The Morgan fingerprint density at radius 1 is 1.24 bits per heavy atom. The van der Waals surface area contributed by atoms with E-state index in [-0.39, 0.29) is 17.1 Å². The second kappa shape index (κ2) is 6.14. The largest absolute Gasteiger partial charge is 0.413 e. The minimum absolute atomic E-state index is 0.0270.